The van der Waals surface area contributed by atoms with E-state index in [2.05, 4.69) is 43.6 Å². The van der Waals surface area contributed by atoms with Crippen LogP contribution in [0.1, 0.15) is 65.8 Å². The highest BCUT2D eigenvalue weighted by Crippen LogP contribution is 2.34. The molecule has 0 saturated heterocycles. The van der Waals surface area contributed by atoms with Crippen LogP contribution in [0.4, 0.5) is 4.39 Å². The van der Waals surface area contributed by atoms with Crippen LogP contribution >= 0.6 is 0 Å². The molecule has 1 aliphatic rings. The predicted octanol–water partition coefficient (Wildman–Crippen LogP) is 5.91. The van der Waals surface area contributed by atoms with Gasteiger partial charge in [-0.05, 0) is 83.5 Å². The van der Waals surface area contributed by atoms with Crippen LogP contribution in [0, 0.1) is 12.7 Å². The molecular weight excluding hydrogens is 503 g/mol. The van der Waals surface area contributed by atoms with Gasteiger partial charge >= 0.3 is 0 Å². The monoisotopic (exact) mass is 536 g/mol. The van der Waals surface area contributed by atoms with Crippen molar-refractivity contribution in [3.63, 3.8) is 0 Å². The lowest BCUT2D eigenvalue weighted by Gasteiger charge is -2.32. The lowest BCUT2D eigenvalue weighted by Crippen LogP contribution is -2.36. The van der Waals surface area contributed by atoms with E-state index in [4.69, 9.17) is 0 Å². The van der Waals surface area contributed by atoms with Crippen molar-refractivity contribution in [2.75, 3.05) is 6.54 Å². The molecule has 0 radical (unpaired) electrons. The van der Waals surface area contributed by atoms with E-state index >= 15 is 0 Å². The molecule has 1 fully saturated rings. The molecule has 1 aliphatic carbocycles. The van der Waals surface area contributed by atoms with Gasteiger partial charge < -0.3 is 4.98 Å². The molecule has 6 rings (SSSR count). The Morgan fingerprint density at radius 2 is 1.77 bits per heavy atom. The first-order valence-corrected chi connectivity index (χ1v) is 14.0. The summed E-state index contributed by atoms with van der Waals surface area (Å²) < 4.78 is 15.8. The number of tetrazole rings is 1. The smallest absolute Gasteiger partial charge is 0.253 e. The van der Waals surface area contributed by atoms with Gasteiger partial charge in [-0.25, -0.2) is 9.07 Å². The largest absolute Gasteiger partial charge is 0.322 e. The van der Waals surface area contributed by atoms with Crippen molar-refractivity contribution in [3.05, 3.63) is 123 Å². The average Bonchev–Trinajstić information content (AvgIpc) is 3.67. The molecule has 5 aromatic rings. The quantitative estimate of drug-likeness (QED) is 0.253. The Morgan fingerprint density at radius 1 is 1.00 bits per heavy atom. The molecule has 3 aromatic carbocycles. The lowest BCUT2D eigenvalue weighted by molar-refractivity contribution is 0.201. The van der Waals surface area contributed by atoms with Gasteiger partial charge in [0.2, 0.25) is 0 Å². The molecule has 0 amide bonds. The molecule has 0 aliphatic heterocycles. The molecule has 204 valence electrons. The number of hydrogen-bond acceptors (Lipinski definition) is 5. The fraction of sp³-hybridized carbons (Fsp3) is 0.312. The number of halogens is 1. The van der Waals surface area contributed by atoms with E-state index in [1.807, 2.05) is 48.0 Å². The summed E-state index contributed by atoms with van der Waals surface area (Å²) in [5, 5.41) is 14.1. The molecule has 0 unspecified atom stereocenters. The summed E-state index contributed by atoms with van der Waals surface area (Å²) in [4.78, 5) is 19.1. The Balaban J connectivity index is 1.49. The standard InChI is InChI=1S/C32H33FN6O/c1-22-11-16-29-25(19-22)20-28(32(40)34-29)30(31-35-36-37-39(31)27-9-5-6-10-27)38(18-17-23-7-3-2-4-8-23)21-24-12-14-26(33)15-13-24/h2-4,7-8,11-16,19-20,27,30H,5-6,9-10,17-18,21H2,1H3,(H,34,40)/t30-/m0/s1. The number of hydrogen-bond donors (Lipinski definition) is 1. The number of fused-ring (bicyclic) bond motifs is 1. The molecule has 1 saturated carbocycles. The van der Waals surface area contributed by atoms with Crippen LogP contribution in [0.15, 0.2) is 83.7 Å². The number of nitrogens with zero attached hydrogens (tertiary/aromatic N) is 5. The number of rotatable bonds is 9. The van der Waals surface area contributed by atoms with E-state index in [1.54, 1.807) is 12.1 Å². The Bertz CT molecular complexity index is 1640. The third-order valence-corrected chi connectivity index (χ3v) is 7.95. The molecule has 40 heavy (non-hydrogen) atoms. The zero-order valence-corrected chi connectivity index (χ0v) is 22.6. The maximum atomic E-state index is 13.8. The van der Waals surface area contributed by atoms with Crippen molar-refractivity contribution in [3.8, 4) is 0 Å². The molecule has 8 heteroatoms. The maximum absolute atomic E-state index is 13.8. The third-order valence-electron chi connectivity index (χ3n) is 7.95. The van der Waals surface area contributed by atoms with Crippen LogP contribution in [0.25, 0.3) is 10.9 Å². The second-order valence-corrected chi connectivity index (χ2v) is 10.8. The van der Waals surface area contributed by atoms with Crippen molar-refractivity contribution in [1.82, 2.24) is 30.1 Å². The molecule has 1 N–H and O–H groups in total. The second-order valence-electron chi connectivity index (χ2n) is 10.8. The fourth-order valence-corrected chi connectivity index (χ4v) is 5.88. The second kappa shape index (κ2) is 11.5. The minimum atomic E-state index is -0.502. The maximum Gasteiger partial charge on any atom is 0.253 e. The van der Waals surface area contributed by atoms with Gasteiger partial charge in [-0.1, -0.05) is 66.9 Å². The highest BCUT2D eigenvalue weighted by molar-refractivity contribution is 5.79. The zero-order chi connectivity index (χ0) is 27.5. The number of aromatic nitrogens is 5. The molecule has 1 atom stereocenters. The number of H-pyrrole nitrogens is 1. The van der Waals surface area contributed by atoms with Crippen molar-refractivity contribution in [2.24, 2.45) is 0 Å². The number of pyridine rings is 1. The van der Waals surface area contributed by atoms with Crippen molar-refractivity contribution >= 4 is 10.9 Å². The van der Waals surface area contributed by atoms with E-state index < -0.39 is 6.04 Å². The zero-order valence-electron chi connectivity index (χ0n) is 22.6. The number of aryl methyl sites for hydroxylation is 1. The van der Waals surface area contributed by atoms with Gasteiger partial charge in [0.1, 0.15) is 11.9 Å². The molecule has 2 heterocycles. The Morgan fingerprint density at radius 3 is 2.55 bits per heavy atom. The number of nitrogens with one attached hydrogen (secondary N) is 1. The summed E-state index contributed by atoms with van der Waals surface area (Å²) in [6, 6.07) is 24.6. The highest BCUT2D eigenvalue weighted by atomic mass is 19.1. The fourth-order valence-electron chi connectivity index (χ4n) is 5.88. The number of aromatic amines is 1. The van der Waals surface area contributed by atoms with E-state index in [0.717, 1.165) is 54.1 Å². The summed E-state index contributed by atoms with van der Waals surface area (Å²) in [7, 11) is 0. The van der Waals surface area contributed by atoms with E-state index in [9.17, 15) is 9.18 Å². The Kier molecular flexibility index (Phi) is 7.51. The summed E-state index contributed by atoms with van der Waals surface area (Å²) >= 11 is 0. The molecule has 7 nitrogen and oxygen atoms in total. The molecule has 0 spiro atoms. The first-order chi connectivity index (χ1) is 19.5. The summed E-state index contributed by atoms with van der Waals surface area (Å²) in [5.74, 6) is 0.391. The van der Waals surface area contributed by atoms with Crippen LogP contribution in [0.5, 0.6) is 0 Å². The molecule has 0 bridgehead atoms. The van der Waals surface area contributed by atoms with Gasteiger partial charge in [0, 0.05) is 24.2 Å². The molecular formula is C32H33FN6O. The Labute approximate surface area is 232 Å². The van der Waals surface area contributed by atoms with Crippen LogP contribution in [0.2, 0.25) is 0 Å². The van der Waals surface area contributed by atoms with Crippen LogP contribution in [-0.2, 0) is 13.0 Å². The van der Waals surface area contributed by atoms with Crippen molar-refractivity contribution < 1.29 is 4.39 Å². The summed E-state index contributed by atoms with van der Waals surface area (Å²) in [6.07, 6.45) is 5.07. The van der Waals surface area contributed by atoms with Crippen LogP contribution in [0.3, 0.4) is 0 Å². The first-order valence-electron chi connectivity index (χ1n) is 14.0. The van der Waals surface area contributed by atoms with Gasteiger partial charge in [-0.2, -0.15) is 0 Å². The van der Waals surface area contributed by atoms with Crippen molar-refractivity contribution in [2.45, 2.75) is 57.7 Å². The van der Waals surface area contributed by atoms with Gasteiger partial charge in [0.15, 0.2) is 5.82 Å². The van der Waals surface area contributed by atoms with Gasteiger partial charge in [-0.15, -0.1) is 5.10 Å². The average molecular weight is 537 g/mol. The van der Waals surface area contributed by atoms with E-state index in [-0.39, 0.29) is 17.4 Å². The summed E-state index contributed by atoms with van der Waals surface area (Å²) in [5.41, 5.74) is 4.50. The van der Waals surface area contributed by atoms with Crippen molar-refractivity contribution in [1.29, 1.82) is 0 Å². The Hall–Kier alpha value is -4.17. The van der Waals surface area contributed by atoms with Gasteiger partial charge in [0.05, 0.1) is 6.04 Å². The third kappa shape index (κ3) is 5.58. The predicted molar refractivity (Wildman–Crippen MR) is 153 cm³/mol. The topological polar surface area (TPSA) is 79.7 Å². The highest BCUT2D eigenvalue weighted by Gasteiger charge is 2.33. The summed E-state index contributed by atoms with van der Waals surface area (Å²) in [6.45, 7) is 3.19. The van der Waals surface area contributed by atoms with Gasteiger partial charge in [0.25, 0.3) is 5.56 Å². The minimum Gasteiger partial charge on any atom is -0.322 e. The first kappa shape index (κ1) is 26.1. The van der Waals surface area contributed by atoms with Crippen LogP contribution in [-0.4, -0.2) is 36.6 Å². The molecule has 2 aromatic heterocycles. The normalized spacial score (nSPS) is 14.8. The lowest BCUT2D eigenvalue weighted by atomic mass is 10.0. The van der Waals surface area contributed by atoms with E-state index in [1.165, 1.54) is 17.7 Å². The SMILES string of the molecule is Cc1ccc2[nH]c(=O)c([C@@H](c3nnnn3C3CCCC3)N(CCc3ccccc3)Cc3ccc(F)cc3)cc2c1. The van der Waals surface area contributed by atoms with E-state index in [0.29, 0.717) is 24.5 Å². The number of benzene rings is 3. The van der Waals surface area contributed by atoms with Gasteiger partial charge in [-0.3, -0.25) is 9.69 Å². The minimum absolute atomic E-state index is 0.161. The van der Waals surface area contributed by atoms with Crippen LogP contribution < -0.4 is 5.56 Å².